The number of rotatable bonds is 2. The highest BCUT2D eigenvalue weighted by Crippen LogP contribution is 2.56. The van der Waals surface area contributed by atoms with Crippen molar-refractivity contribution in [3.8, 4) is 0 Å². The van der Waals surface area contributed by atoms with Gasteiger partial charge in [-0.25, -0.2) is 4.79 Å². The summed E-state index contributed by atoms with van der Waals surface area (Å²) < 4.78 is 9.46. The van der Waals surface area contributed by atoms with Crippen LogP contribution in [0.2, 0.25) is 0 Å². The molecule has 16 heavy (non-hydrogen) atoms. The molecule has 0 atom stereocenters. The van der Waals surface area contributed by atoms with Gasteiger partial charge in [0.1, 0.15) is 0 Å². The van der Waals surface area contributed by atoms with Gasteiger partial charge in [0.25, 0.3) is 0 Å². The number of fused-ring (bicyclic) bond motifs is 2. The smallest absolute Gasteiger partial charge is 0.407 e. The maximum absolute atomic E-state index is 11.7. The highest BCUT2D eigenvalue weighted by Gasteiger charge is 2.59. The molecule has 0 saturated heterocycles. The standard InChI is InChI=1S/C11H17NO4/c1-15-8(13)10-3-5-11(7-10,6-4-10)12-9(14)16-2/h3-7H2,1-2H3,(H,12,14). The number of esters is 1. The number of hydrogen-bond donors (Lipinski definition) is 1. The molecule has 0 unspecified atom stereocenters. The third-order valence-electron chi connectivity index (χ3n) is 4.01. The number of carbonyl (C=O) groups excluding carboxylic acids is 2. The van der Waals surface area contributed by atoms with Gasteiger partial charge in [0.15, 0.2) is 0 Å². The summed E-state index contributed by atoms with van der Waals surface area (Å²) in [4.78, 5) is 23.0. The minimum Gasteiger partial charge on any atom is -0.469 e. The molecule has 0 spiro atoms. The van der Waals surface area contributed by atoms with E-state index in [4.69, 9.17) is 4.74 Å². The first kappa shape index (κ1) is 11.2. The zero-order chi connectivity index (χ0) is 11.8. The molecule has 2 rings (SSSR count). The van der Waals surface area contributed by atoms with Gasteiger partial charge in [-0.15, -0.1) is 0 Å². The molecule has 2 bridgehead atoms. The van der Waals surface area contributed by atoms with Crippen LogP contribution in [0.25, 0.3) is 0 Å². The van der Waals surface area contributed by atoms with Gasteiger partial charge in [0.05, 0.1) is 19.6 Å². The van der Waals surface area contributed by atoms with Crippen molar-refractivity contribution in [2.45, 2.75) is 37.6 Å². The molecule has 0 aromatic carbocycles. The Kier molecular flexibility index (Phi) is 2.56. The van der Waals surface area contributed by atoms with Crippen LogP contribution in [-0.4, -0.2) is 31.8 Å². The van der Waals surface area contributed by atoms with Crippen LogP contribution in [0, 0.1) is 5.41 Å². The Hall–Kier alpha value is -1.26. The fraction of sp³-hybridized carbons (Fsp3) is 0.818. The van der Waals surface area contributed by atoms with E-state index in [-0.39, 0.29) is 16.9 Å². The SMILES string of the molecule is COC(=O)NC12CCC(C(=O)OC)(CC1)C2. The molecule has 90 valence electrons. The highest BCUT2D eigenvalue weighted by molar-refractivity contribution is 5.79. The average Bonchev–Trinajstić information content (AvgIpc) is 2.84. The largest absolute Gasteiger partial charge is 0.469 e. The van der Waals surface area contributed by atoms with E-state index < -0.39 is 6.09 Å². The quantitative estimate of drug-likeness (QED) is 0.720. The van der Waals surface area contributed by atoms with E-state index in [2.05, 4.69) is 10.1 Å². The molecule has 5 nitrogen and oxygen atoms in total. The lowest BCUT2D eigenvalue weighted by molar-refractivity contribution is -0.152. The molecule has 2 saturated carbocycles. The Balaban J connectivity index is 2.09. The lowest BCUT2D eigenvalue weighted by Crippen LogP contribution is -2.44. The van der Waals surface area contributed by atoms with Crippen molar-refractivity contribution in [3.63, 3.8) is 0 Å². The van der Waals surface area contributed by atoms with Crippen LogP contribution in [0.3, 0.4) is 0 Å². The van der Waals surface area contributed by atoms with E-state index in [0.29, 0.717) is 6.42 Å². The van der Waals surface area contributed by atoms with E-state index in [1.165, 1.54) is 14.2 Å². The minimum atomic E-state index is -0.414. The van der Waals surface area contributed by atoms with Gasteiger partial charge < -0.3 is 14.8 Å². The first-order valence-electron chi connectivity index (χ1n) is 5.50. The molecule has 1 amide bonds. The molecule has 0 aromatic heterocycles. The van der Waals surface area contributed by atoms with Gasteiger partial charge in [-0.1, -0.05) is 0 Å². The number of methoxy groups -OCH3 is 2. The van der Waals surface area contributed by atoms with Gasteiger partial charge in [-0.2, -0.15) is 0 Å². The van der Waals surface area contributed by atoms with E-state index in [9.17, 15) is 9.59 Å². The zero-order valence-corrected chi connectivity index (χ0v) is 9.67. The lowest BCUT2D eigenvalue weighted by atomic mass is 9.84. The molecular weight excluding hydrogens is 210 g/mol. The molecule has 0 aliphatic heterocycles. The number of hydrogen-bond acceptors (Lipinski definition) is 4. The van der Waals surface area contributed by atoms with Gasteiger partial charge in [0, 0.05) is 5.54 Å². The Labute approximate surface area is 94.5 Å². The molecule has 1 N–H and O–H groups in total. The first-order valence-corrected chi connectivity index (χ1v) is 5.50. The van der Waals surface area contributed by atoms with Gasteiger partial charge in [-0.3, -0.25) is 4.79 Å². The Morgan fingerprint density at radius 3 is 2.19 bits per heavy atom. The van der Waals surface area contributed by atoms with Crippen LogP contribution in [-0.2, 0) is 14.3 Å². The molecular formula is C11H17NO4. The van der Waals surface area contributed by atoms with Gasteiger partial charge >= 0.3 is 12.1 Å². The van der Waals surface area contributed by atoms with Crippen LogP contribution in [0.1, 0.15) is 32.1 Å². The fourth-order valence-corrected chi connectivity index (χ4v) is 3.14. The molecule has 2 fully saturated rings. The maximum Gasteiger partial charge on any atom is 0.407 e. The molecule has 0 radical (unpaired) electrons. The van der Waals surface area contributed by atoms with Crippen LogP contribution in [0.5, 0.6) is 0 Å². The number of nitrogens with one attached hydrogen (secondary N) is 1. The minimum absolute atomic E-state index is 0.140. The second kappa shape index (κ2) is 3.64. The van der Waals surface area contributed by atoms with Crippen molar-refractivity contribution in [3.05, 3.63) is 0 Å². The summed E-state index contributed by atoms with van der Waals surface area (Å²) in [6.45, 7) is 0. The molecule has 2 aliphatic carbocycles. The predicted molar refractivity (Wildman–Crippen MR) is 55.8 cm³/mol. The molecule has 5 heteroatoms. The average molecular weight is 227 g/mol. The van der Waals surface area contributed by atoms with E-state index in [0.717, 1.165) is 25.7 Å². The van der Waals surface area contributed by atoms with Crippen molar-refractivity contribution in [2.75, 3.05) is 14.2 Å². The highest BCUT2D eigenvalue weighted by atomic mass is 16.5. The van der Waals surface area contributed by atoms with E-state index in [1.807, 2.05) is 0 Å². The predicted octanol–water partition coefficient (Wildman–Crippen LogP) is 1.22. The van der Waals surface area contributed by atoms with Crippen LogP contribution >= 0.6 is 0 Å². The monoisotopic (exact) mass is 227 g/mol. The lowest BCUT2D eigenvalue weighted by Gasteiger charge is -2.27. The Morgan fingerprint density at radius 1 is 1.06 bits per heavy atom. The van der Waals surface area contributed by atoms with Crippen molar-refractivity contribution in [1.82, 2.24) is 5.32 Å². The van der Waals surface area contributed by atoms with E-state index >= 15 is 0 Å². The summed E-state index contributed by atoms with van der Waals surface area (Å²) in [5.41, 5.74) is -0.614. The summed E-state index contributed by atoms with van der Waals surface area (Å²) >= 11 is 0. The third-order valence-corrected chi connectivity index (χ3v) is 4.01. The van der Waals surface area contributed by atoms with Crippen molar-refractivity contribution >= 4 is 12.1 Å². The van der Waals surface area contributed by atoms with E-state index in [1.54, 1.807) is 0 Å². The molecule has 2 aliphatic rings. The second-order valence-electron chi connectivity index (χ2n) is 4.85. The Bertz CT molecular complexity index is 318. The van der Waals surface area contributed by atoms with Crippen LogP contribution < -0.4 is 5.32 Å². The van der Waals surface area contributed by atoms with Crippen molar-refractivity contribution < 1.29 is 19.1 Å². The van der Waals surface area contributed by atoms with Crippen molar-refractivity contribution in [2.24, 2.45) is 5.41 Å². The third kappa shape index (κ3) is 1.54. The number of amides is 1. The zero-order valence-electron chi connectivity index (χ0n) is 9.67. The van der Waals surface area contributed by atoms with Crippen LogP contribution in [0.15, 0.2) is 0 Å². The number of alkyl carbamates (subject to hydrolysis) is 1. The normalized spacial score (nSPS) is 35.9. The fourth-order valence-electron chi connectivity index (χ4n) is 3.14. The second-order valence-corrected chi connectivity index (χ2v) is 4.85. The first-order chi connectivity index (χ1) is 7.56. The van der Waals surface area contributed by atoms with Gasteiger partial charge in [0.2, 0.25) is 0 Å². The summed E-state index contributed by atoms with van der Waals surface area (Å²) in [5.74, 6) is -0.140. The summed E-state index contributed by atoms with van der Waals surface area (Å²) in [6, 6.07) is 0. The van der Waals surface area contributed by atoms with Crippen molar-refractivity contribution in [1.29, 1.82) is 0 Å². The summed E-state index contributed by atoms with van der Waals surface area (Å²) in [6.07, 6.45) is 3.52. The Morgan fingerprint density at radius 2 is 1.69 bits per heavy atom. The van der Waals surface area contributed by atoms with Crippen LogP contribution in [0.4, 0.5) is 4.79 Å². The summed E-state index contributed by atoms with van der Waals surface area (Å²) in [7, 11) is 2.77. The molecule has 0 aromatic rings. The number of carbonyl (C=O) groups is 2. The summed E-state index contributed by atoms with van der Waals surface area (Å²) in [5, 5.41) is 2.87. The maximum atomic E-state index is 11.7. The van der Waals surface area contributed by atoms with Gasteiger partial charge in [-0.05, 0) is 32.1 Å². The number of ether oxygens (including phenoxy) is 2. The topological polar surface area (TPSA) is 64.6 Å². The molecule has 0 heterocycles.